The van der Waals surface area contributed by atoms with E-state index in [0.29, 0.717) is 0 Å². The number of aliphatic hydroxyl groups excluding tert-OH is 3. The summed E-state index contributed by atoms with van der Waals surface area (Å²) in [5.74, 6) is 0. The van der Waals surface area contributed by atoms with Crippen molar-refractivity contribution in [3.05, 3.63) is 0 Å². The van der Waals surface area contributed by atoms with E-state index < -0.39 is 24.4 Å². The number of aliphatic hydroxyl groups is 3. The highest BCUT2D eigenvalue weighted by molar-refractivity contribution is 8.14. The lowest BCUT2D eigenvalue weighted by Gasteiger charge is -2.37. The van der Waals surface area contributed by atoms with Crippen molar-refractivity contribution in [1.82, 2.24) is 4.90 Å². The van der Waals surface area contributed by atoms with E-state index in [-0.39, 0.29) is 12.0 Å². The number of amidine groups is 1. The van der Waals surface area contributed by atoms with Crippen LogP contribution in [0.5, 0.6) is 0 Å². The molecule has 3 aliphatic rings. The molecule has 0 radical (unpaired) electrons. The van der Waals surface area contributed by atoms with Crippen molar-refractivity contribution >= 4 is 16.9 Å². The zero-order valence-corrected chi connectivity index (χ0v) is 10.1. The third-order valence-electron chi connectivity index (χ3n) is 3.46. The molecular weight excluding hydrogens is 244 g/mol. The summed E-state index contributed by atoms with van der Waals surface area (Å²) in [5, 5.41) is 29.7. The molecule has 0 aromatic carbocycles. The van der Waals surface area contributed by atoms with Gasteiger partial charge in [-0.3, -0.25) is 4.99 Å². The fourth-order valence-electron chi connectivity index (χ4n) is 2.23. The van der Waals surface area contributed by atoms with Gasteiger partial charge in [-0.1, -0.05) is 11.8 Å². The van der Waals surface area contributed by atoms with E-state index in [4.69, 9.17) is 9.84 Å². The molecule has 0 spiro atoms. The van der Waals surface area contributed by atoms with Crippen molar-refractivity contribution < 1.29 is 20.1 Å². The minimum absolute atomic E-state index is 0.291. The first-order chi connectivity index (χ1) is 8.20. The fraction of sp³-hybridized carbons (Fsp3) is 0.900. The maximum Gasteiger partial charge on any atom is 0.162 e. The van der Waals surface area contributed by atoms with E-state index in [2.05, 4.69) is 9.89 Å². The largest absolute Gasteiger partial charge is 0.394 e. The number of hydrogen-bond acceptors (Lipinski definition) is 7. The van der Waals surface area contributed by atoms with Crippen LogP contribution in [0.15, 0.2) is 4.99 Å². The second kappa shape index (κ2) is 4.40. The van der Waals surface area contributed by atoms with Gasteiger partial charge in [0.2, 0.25) is 0 Å². The normalized spacial score (nSPS) is 45.2. The molecule has 3 aliphatic heterocycles. The Morgan fingerprint density at radius 1 is 1.35 bits per heavy atom. The summed E-state index contributed by atoms with van der Waals surface area (Å²) in [6.07, 6.45) is -1.58. The van der Waals surface area contributed by atoms with E-state index in [1.54, 1.807) is 0 Å². The third kappa shape index (κ3) is 1.86. The molecule has 0 aromatic heterocycles. The van der Waals surface area contributed by atoms with Crippen LogP contribution in [0, 0.1) is 0 Å². The van der Waals surface area contributed by atoms with Crippen LogP contribution in [-0.4, -0.2) is 74.9 Å². The summed E-state index contributed by atoms with van der Waals surface area (Å²) in [7, 11) is 0. The topological polar surface area (TPSA) is 85.5 Å². The molecule has 3 rings (SSSR count). The second-order valence-corrected chi connectivity index (χ2v) is 5.63. The Labute approximate surface area is 103 Å². The van der Waals surface area contributed by atoms with Crippen LogP contribution in [-0.2, 0) is 4.74 Å². The number of nitrogens with zero attached hydrogens (tertiary/aromatic N) is 2. The van der Waals surface area contributed by atoms with E-state index in [0.717, 1.165) is 18.3 Å². The van der Waals surface area contributed by atoms with Crippen molar-refractivity contribution in [3.63, 3.8) is 0 Å². The van der Waals surface area contributed by atoms with E-state index in [1.807, 2.05) is 0 Å². The van der Waals surface area contributed by atoms with Crippen LogP contribution < -0.4 is 0 Å². The van der Waals surface area contributed by atoms with Gasteiger partial charge in [0.25, 0.3) is 0 Å². The molecule has 0 aliphatic carbocycles. The van der Waals surface area contributed by atoms with E-state index in [1.165, 1.54) is 18.2 Å². The molecule has 5 atom stereocenters. The first kappa shape index (κ1) is 11.7. The molecule has 2 fully saturated rings. The zero-order chi connectivity index (χ0) is 12.0. The summed E-state index contributed by atoms with van der Waals surface area (Å²) >= 11 is 1.47. The van der Waals surface area contributed by atoms with Crippen molar-refractivity contribution in [3.8, 4) is 0 Å². The molecule has 2 saturated heterocycles. The summed E-state index contributed by atoms with van der Waals surface area (Å²) in [6.45, 7) is 1.70. The molecule has 1 unspecified atom stereocenters. The van der Waals surface area contributed by atoms with Gasteiger partial charge in [-0.15, -0.1) is 0 Å². The van der Waals surface area contributed by atoms with Gasteiger partial charge in [0.1, 0.15) is 29.8 Å². The Hall–Kier alpha value is -0.340. The maximum atomic E-state index is 9.96. The maximum absolute atomic E-state index is 9.96. The molecular formula is C10H16N2O4S. The zero-order valence-electron chi connectivity index (χ0n) is 9.27. The summed E-state index contributed by atoms with van der Waals surface area (Å²) in [4.78, 5) is 6.56. The SMILES string of the molecule is OC[C@H]1O[C@@H]2SC(N3CCC3)=N[C@@H]2[C@@H](O)C1O. The summed E-state index contributed by atoms with van der Waals surface area (Å²) in [6, 6.07) is -0.423. The molecule has 96 valence electrons. The lowest BCUT2D eigenvalue weighted by molar-refractivity contribution is -0.164. The number of ether oxygens (including phenoxy) is 1. The average molecular weight is 260 g/mol. The Morgan fingerprint density at radius 2 is 2.12 bits per heavy atom. The molecule has 7 heteroatoms. The minimum atomic E-state index is -1.07. The average Bonchev–Trinajstić information content (AvgIpc) is 2.64. The predicted molar refractivity (Wildman–Crippen MR) is 62.8 cm³/mol. The van der Waals surface area contributed by atoms with Crippen LogP contribution in [0.4, 0.5) is 0 Å². The van der Waals surface area contributed by atoms with Gasteiger partial charge in [0.15, 0.2) is 5.17 Å². The van der Waals surface area contributed by atoms with Gasteiger partial charge in [-0.25, -0.2) is 0 Å². The molecule has 0 bridgehead atoms. The Bertz CT molecular complexity index is 336. The quantitative estimate of drug-likeness (QED) is 0.538. The Kier molecular flexibility index (Phi) is 3.04. The van der Waals surface area contributed by atoms with Crippen LogP contribution in [0.3, 0.4) is 0 Å². The van der Waals surface area contributed by atoms with E-state index >= 15 is 0 Å². The molecule has 17 heavy (non-hydrogen) atoms. The first-order valence-corrected chi connectivity index (χ1v) is 6.70. The highest BCUT2D eigenvalue weighted by Crippen LogP contribution is 2.38. The molecule has 3 N–H and O–H groups in total. The minimum Gasteiger partial charge on any atom is -0.394 e. The number of fused-ring (bicyclic) bond motifs is 1. The predicted octanol–water partition coefficient (Wildman–Crippen LogP) is -1.40. The Morgan fingerprint density at radius 3 is 2.71 bits per heavy atom. The smallest absolute Gasteiger partial charge is 0.162 e. The number of thioether (sulfide) groups is 1. The van der Waals surface area contributed by atoms with Gasteiger partial charge in [0, 0.05) is 13.1 Å². The number of aliphatic imine (C=N–C) groups is 1. The van der Waals surface area contributed by atoms with Crippen molar-refractivity contribution in [1.29, 1.82) is 0 Å². The highest BCUT2D eigenvalue weighted by atomic mass is 32.2. The van der Waals surface area contributed by atoms with E-state index in [9.17, 15) is 10.2 Å². The van der Waals surface area contributed by atoms with Crippen molar-refractivity contribution in [2.24, 2.45) is 4.99 Å². The van der Waals surface area contributed by atoms with Gasteiger partial charge in [-0.05, 0) is 6.42 Å². The Balaban J connectivity index is 1.74. The van der Waals surface area contributed by atoms with Crippen LogP contribution in [0.2, 0.25) is 0 Å². The third-order valence-corrected chi connectivity index (χ3v) is 4.65. The molecule has 0 amide bonds. The molecule has 6 nitrogen and oxygen atoms in total. The lowest BCUT2D eigenvalue weighted by Crippen LogP contribution is -2.55. The standard InChI is InChI=1S/C10H16N2O4S/c13-4-5-7(14)8(15)6-9(16-5)17-10(11-6)12-2-1-3-12/h5-9,13-15H,1-4H2/t5-,6-,7?,8-,9-/m1/s1. The molecule has 0 aromatic rings. The highest BCUT2D eigenvalue weighted by Gasteiger charge is 2.48. The van der Waals surface area contributed by atoms with Gasteiger partial charge >= 0.3 is 0 Å². The first-order valence-electron chi connectivity index (χ1n) is 5.82. The fourth-order valence-corrected chi connectivity index (χ4v) is 3.51. The number of hydrogen-bond donors (Lipinski definition) is 3. The number of rotatable bonds is 1. The van der Waals surface area contributed by atoms with Crippen LogP contribution in [0.25, 0.3) is 0 Å². The van der Waals surface area contributed by atoms with Gasteiger partial charge in [-0.2, -0.15) is 0 Å². The van der Waals surface area contributed by atoms with Gasteiger partial charge < -0.3 is 25.0 Å². The van der Waals surface area contributed by atoms with Crippen molar-refractivity contribution in [2.45, 2.75) is 36.2 Å². The van der Waals surface area contributed by atoms with Gasteiger partial charge in [0.05, 0.1) is 6.61 Å². The van der Waals surface area contributed by atoms with Crippen LogP contribution in [0.1, 0.15) is 6.42 Å². The molecule has 3 heterocycles. The monoisotopic (exact) mass is 260 g/mol. The number of likely N-dealkylation sites (tertiary alicyclic amines) is 1. The second-order valence-electron chi connectivity index (χ2n) is 4.57. The molecule has 0 saturated carbocycles. The lowest BCUT2D eigenvalue weighted by atomic mass is 9.99. The summed E-state index contributed by atoms with van der Waals surface area (Å²) < 4.78 is 5.55. The van der Waals surface area contributed by atoms with Crippen LogP contribution >= 0.6 is 11.8 Å². The van der Waals surface area contributed by atoms with Crippen molar-refractivity contribution in [2.75, 3.05) is 19.7 Å². The summed E-state index contributed by atoms with van der Waals surface area (Å²) in [5.41, 5.74) is -0.291.